The van der Waals surface area contributed by atoms with E-state index >= 15 is 0 Å². The van der Waals surface area contributed by atoms with Crippen molar-refractivity contribution >= 4 is 8.32 Å². The van der Waals surface area contributed by atoms with Gasteiger partial charge in [0.05, 0.1) is 12.7 Å². The van der Waals surface area contributed by atoms with Gasteiger partial charge in [0.15, 0.2) is 8.32 Å². The average molecular weight is 245 g/mol. The van der Waals surface area contributed by atoms with Crippen LogP contribution in [0.25, 0.3) is 0 Å². The van der Waals surface area contributed by atoms with E-state index in [4.69, 9.17) is 9.16 Å². The van der Waals surface area contributed by atoms with Crippen LogP contribution in [0.2, 0.25) is 18.1 Å². The topological polar surface area (TPSA) is 30.5 Å². The highest BCUT2D eigenvalue weighted by Crippen LogP contribution is 2.38. The fraction of sp³-hybridized carbons (Fsp3) is 1.00. The summed E-state index contributed by atoms with van der Waals surface area (Å²) >= 11 is 0. The summed E-state index contributed by atoms with van der Waals surface area (Å²) in [7, 11) is 0.150. The van der Waals surface area contributed by atoms with Gasteiger partial charge in [-0.05, 0) is 24.6 Å². The van der Waals surface area contributed by atoms with Crippen molar-refractivity contribution in [3.8, 4) is 0 Å². The van der Waals surface area contributed by atoms with Gasteiger partial charge in [0.1, 0.15) is 0 Å². The lowest BCUT2D eigenvalue weighted by atomic mass is 10.2. The molecule has 0 aromatic rings. The fourth-order valence-electron chi connectivity index (χ4n) is 1.79. The SMILES string of the molecule is COC[C@@H]1C[C@H](O[Si](C)(C)C(C)(C)C)CN1. The molecule has 0 amide bonds. The number of ether oxygens (including phenoxy) is 1. The maximum absolute atomic E-state index is 6.36. The van der Waals surface area contributed by atoms with Crippen LogP contribution >= 0.6 is 0 Å². The largest absolute Gasteiger partial charge is 0.413 e. The molecule has 3 nitrogen and oxygen atoms in total. The first-order valence-electron chi connectivity index (χ1n) is 6.16. The number of hydrogen-bond acceptors (Lipinski definition) is 3. The molecule has 96 valence electrons. The lowest BCUT2D eigenvalue weighted by Crippen LogP contribution is -2.44. The van der Waals surface area contributed by atoms with Crippen molar-refractivity contribution in [1.82, 2.24) is 5.32 Å². The minimum atomic E-state index is -1.60. The van der Waals surface area contributed by atoms with Crippen molar-refractivity contribution in [3.63, 3.8) is 0 Å². The molecule has 1 N–H and O–H groups in total. The Morgan fingerprint density at radius 2 is 1.94 bits per heavy atom. The van der Waals surface area contributed by atoms with Crippen molar-refractivity contribution in [3.05, 3.63) is 0 Å². The summed E-state index contributed by atoms with van der Waals surface area (Å²) in [6.45, 7) is 13.3. The van der Waals surface area contributed by atoms with Gasteiger partial charge in [0, 0.05) is 19.7 Å². The lowest BCUT2D eigenvalue weighted by molar-refractivity contribution is 0.159. The van der Waals surface area contributed by atoms with Gasteiger partial charge in [-0.3, -0.25) is 0 Å². The van der Waals surface area contributed by atoms with Crippen LogP contribution in [0, 0.1) is 0 Å². The Bertz CT molecular complexity index is 226. The standard InChI is InChI=1S/C12H27NO2Si/c1-12(2,3)16(5,6)15-11-7-10(9-14-4)13-8-11/h10-11,13H,7-9H2,1-6H3/t10-,11-/m0/s1. The molecule has 0 unspecified atom stereocenters. The molecule has 16 heavy (non-hydrogen) atoms. The van der Waals surface area contributed by atoms with Gasteiger partial charge < -0.3 is 14.5 Å². The van der Waals surface area contributed by atoms with Gasteiger partial charge in [0.25, 0.3) is 0 Å². The predicted octanol–water partition coefficient (Wildman–Crippen LogP) is 2.39. The minimum absolute atomic E-state index is 0.298. The van der Waals surface area contributed by atoms with Gasteiger partial charge in [-0.1, -0.05) is 20.8 Å². The highest BCUT2D eigenvalue weighted by Gasteiger charge is 2.40. The molecule has 2 atom stereocenters. The fourth-order valence-corrected chi connectivity index (χ4v) is 3.16. The van der Waals surface area contributed by atoms with E-state index in [0.29, 0.717) is 17.2 Å². The van der Waals surface area contributed by atoms with E-state index in [-0.39, 0.29) is 0 Å². The van der Waals surface area contributed by atoms with E-state index < -0.39 is 8.32 Å². The molecule has 1 rings (SSSR count). The molecule has 0 aromatic heterocycles. The molecular weight excluding hydrogens is 218 g/mol. The summed E-state index contributed by atoms with van der Waals surface area (Å²) in [4.78, 5) is 0. The third-order valence-corrected chi connectivity index (χ3v) is 8.35. The van der Waals surface area contributed by atoms with Gasteiger partial charge in [0.2, 0.25) is 0 Å². The summed E-state index contributed by atoms with van der Waals surface area (Å²) in [5.41, 5.74) is 0. The lowest BCUT2D eigenvalue weighted by Gasteiger charge is -2.38. The summed E-state index contributed by atoms with van der Waals surface area (Å²) < 4.78 is 11.5. The van der Waals surface area contributed by atoms with Crippen LogP contribution in [0.5, 0.6) is 0 Å². The maximum atomic E-state index is 6.36. The number of hydrogen-bond donors (Lipinski definition) is 1. The van der Waals surface area contributed by atoms with Crippen molar-refractivity contribution in [2.75, 3.05) is 20.3 Å². The maximum Gasteiger partial charge on any atom is 0.192 e. The Hall–Kier alpha value is 0.0969. The van der Waals surface area contributed by atoms with Crippen LogP contribution in [0.4, 0.5) is 0 Å². The Morgan fingerprint density at radius 3 is 2.44 bits per heavy atom. The minimum Gasteiger partial charge on any atom is -0.413 e. The van der Waals surface area contributed by atoms with Crippen LogP contribution in [-0.2, 0) is 9.16 Å². The van der Waals surface area contributed by atoms with Gasteiger partial charge in [-0.25, -0.2) is 0 Å². The third kappa shape index (κ3) is 3.55. The zero-order valence-corrected chi connectivity index (χ0v) is 12.6. The molecule has 1 heterocycles. The van der Waals surface area contributed by atoms with Crippen LogP contribution in [-0.4, -0.2) is 40.7 Å². The molecule has 0 aliphatic carbocycles. The molecule has 0 radical (unpaired) electrons. The third-order valence-electron chi connectivity index (χ3n) is 3.82. The first-order valence-corrected chi connectivity index (χ1v) is 9.07. The molecule has 1 aliphatic heterocycles. The first kappa shape index (κ1) is 14.2. The van der Waals surface area contributed by atoms with E-state index in [9.17, 15) is 0 Å². The van der Waals surface area contributed by atoms with E-state index in [2.05, 4.69) is 39.2 Å². The van der Waals surface area contributed by atoms with E-state index in [0.717, 1.165) is 19.6 Å². The summed E-state index contributed by atoms with van der Waals surface area (Å²) in [6, 6.07) is 0.472. The predicted molar refractivity (Wildman–Crippen MR) is 70.4 cm³/mol. The van der Waals surface area contributed by atoms with Crippen molar-refractivity contribution in [2.45, 2.75) is 57.5 Å². The number of nitrogens with one attached hydrogen (secondary N) is 1. The molecule has 0 spiro atoms. The molecule has 1 saturated heterocycles. The molecule has 0 saturated carbocycles. The Morgan fingerprint density at radius 1 is 1.31 bits per heavy atom. The summed E-state index contributed by atoms with van der Waals surface area (Å²) in [6.07, 6.45) is 1.46. The van der Waals surface area contributed by atoms with E-state index in [1.165, 1.54) is 0 Å². The first-order chi connectivity index (χ1) is 7.26. The summed E-state index contributed by atoms with van der Waals surface area (Å²) in [5, 5.41) is 3.75. The quantitative estimate of drug-likeness (QED) is 0.772. The average Bonchev–Trinajstić information content (AvgIpc) is 2.50. The van der Waals surface area contributed by atoms with Crippen molar-refractivity contribution in [1.29, 1.82) is 0 Å². The molecule has 0 bridgehead atoms. The van der Waals surface area contributed by atoms with Gasteiger partial charge in [-0.15, -0.1) is 0 Å². The molecular formula is C12H27NO2Si. The van der Waals surface area contributed by atoms with Gasteiger partial charge in [-0.2, -0.15) is 0 Å². The molecule has 1 aliphatic rings. The Balaban J connectivity index is 2.45. The summed E-state index contributed by atoms with van der Waals surface area (Å²) in [5.74, 6) is 0. The van der Waals surface area contributed by atoms with Crippen molar-refractivity contribution in [2.24, 2.45) is 0 Å². The smallest absolute Gasteiger partial charge is 0.192 e. The number of rotatable bonds is 4. The van der Waals surface area contributed by atoms with Crippen LogP contribution < -0.4 is 5.32 Å². The number of methoxy groups -OCH3 is 1. The molecule has 0 aromatic carbocycles. The molecule has 1 fully saturated rings. The van der Waals surface area contributed by atoms with Crippen LogP contribution in [0.1, 0.15) is 27.2 Å². The van der Waals surface area contributed by atoms with Gasteiger partial charge >= 0.3 is 0 Å². The van der Waals surface area contributed by atoms with Crippen LogP contribution in [0.15, 0.2) is 0 Å². The molecule has 4 heteroatoms. The Labute approximate surface area is 101 Å². The second-order valence-electron chi connectivity index (χ2n) is 6.30. The normalized spacial score (nSPS) is 27.4. The zero-order valence-electron chi connectivity index (χ0n) is 11.6. The highest BCUT2D eigenvalue weighted by atomic mass is 28.4. The van der Waals surface area contributed by atoms with E-state index in [1.807, 2.05) is 0 Å². The van der Waals surface area contributed by atoms with E-state index in [1.54, 1.807) is 7.11 Å². The van der Waals surface area contributed by atoms with Crippen LogP contribution in [0.3, 0.4) is 0 Å². The highest BCUT2D eigenvalue weighted by molar-refractivity contribution is 6.74. The monoisotopic (exact) mass is 245 g/mol. The Kier molecular flexibility index (Phi) is 4.57. The van der Waals surface area contributed by atoms with Crippen molar-refractivity contribution < 1.29 is 9.16 Å². The zero-order chi connectivity index (χ0) is 12.4. The second-order valence-corrected chi connectivity index (χ2v) is 11.1. The second kappa shape index (κ2) is 5.17.